The molecule has 7 atom stereocenters. The molecule has 2 heterocycles. The van der Waals surface area contributed by atoms with Gasteiger partial charge in [0.15, 0.2) is 0 Å². The van der Waals surface area contributed by atoms with Crippen LogP contribution in [0.5, 0.6) is 5.75 Å². The van der Waals surface area contributed by atoms with Crippen molar-refractivity contribution in [2.24, 2.45) is 5.73 Å². The van der Waals surface area contributed by atoms with Crippen LogP contribution in [0, 0.1) is 0 Å². The molecule has 1 unspecified atom stereocenters. The number of benzene rings is 3. The molecule has 5 N–H and O–H groups in total. The topological polar surface area (TPSA) is 141 Å². The number of hydrogen-bond donors (Lipinski definition) is 4. The quantitative estimate of drug-likeness (QED) is 0.260. The SMILES string of the molecule is NC(Cc1ccccc1)C(=O)OC[C@H]1O[C@@H](c2ccc(Cl)c(Cc3ccc(O[C@@H]4CCOC4)cc3)c2)[C@H](O)[C@@H](O)[C@@H]1O. The van der Waals surface area contributed by atoms with Gasteiger partial charge in [-0.05, 0) is 53.3 Å². The lowest BCUT2D eigenvalue weighted by molar-refractivity contribution is -0.234. The van der Waals surface area contributed by atoms with Gasteiger partial charge in [-0.3, -0.25) is 4.79 Å². The lowest BCUT2D eigenvalue weighted by Crippen LogP contribution is -2.55. The average molecular weight is 598 g/mol. The Kier molecular flexibility index (Phi) is 10.1. The van der Waals surface area contributed by atoms with E-state index >= 15 is 0 Å². The molecule has 0 amide bonds. The second kappa shape index (κ2) is 14.0. The van der Waals surface area contributed by atoms with Gasteiger partial charge in [0.05, 0.1) is 13.2 Å². The lowest BCUT2D eigenvalue weighted by atomic mass is 9.90. The van der Waals surface area contributed by atoms with E-state index in [-0.39, 0.29) is 19.1 Å². The first-order valence-corrected chi connectivity index (χ1v) is 14.4. The van der Waals surface area contributed by atoms with Crippen molar-refractivity contribution in [1.29, 1.82) is 0 Å². The third-order valence-electron chi connectivity index (χ3n) is 7.61. The van der Waals surface area contributed by atoms with E-state index in [9.17, 15) is 20.1 Å². The third-order valence-corrected chi connectivity index (χ3v) is 7.98. The molecular weight excluding hydrogens is 562 g/mol. The fourth-order valence-electron chi connectivity index (χ4n) is 5.20. The van der Waals surface area contributed by atoms with Crippen LogP contribution in [0.15, 0.2) is 72.8 Å². The largest absolute Gasteiger partial charge is 0.488 e. The van der Waals surface area contributed by atoms with Crippen LogP contribution in [0.1, 0.15) is 34.8 Å². The summed E-state index contributed by atoms with van der Waals surface area (Å²) in [5, 5.41) is 32.5. The standard InChI is InChI=1S/C32H36ClNO8/c33-25-11-8-21(16-22(25)14-20-6-9-23(10-7-20)41-24-12-13-39-17-24)31-30(37)29(36)28(35)27(42-31)18-40-32(38)26(34)15-19-4-2-1-3-5-19/h1-11,16,24,26-31,35-37H,12-15,17-18,34H2/t24-,26?,27-,28-,29+,30-,31+/m1/s1. The number of ether oxygens (including phenoxy) is 4. The van der Waals surface area contributed by atoms with Gasteiger partial charge in [0, 0.05) is 11.4 Å². The van der Waals surface area contributed by atoms with E-state index in [4.69, 9.17) is 36.3 Å². The molecule has 2 aliphatic heterocycles. The van der Waals surface area contributed by atoms with Crippen LogP contribution in [0.2, 0.25) is 5.02 Å². The highest BCUT2D eigenvalue weighted by molar-refractivity contribution is 6.31. The van der Waals surface area contributed by atoms with Crippen molar-refractivity contribution in [3.05, 3.63) is 100 Å². The zero-order chi connectivity index (χ0) is 29.6. The minimum absolute atomic E-state index is 0.0659. The van der Waals surface area contributed by atoms with E-state index in [0.29, 0.717) is 30.2 Å². The van der Waals surface area contributed by atoms with Crippen LogP contribution in [0.25, 0.3) is 0 Å². The minimum atomic E-state index is -1.53. The fraction of sp³-hybridized carbons (Fsp3) is 0.406. The zero-order valence-corrected chi connectivity index (χ0v) is 23.8. The number of aliphatic hydroxyl groups is 3. The Labute approximate surface area is 249 Å². The molecule has 0 bridgehead atoms. The van der Waals surface area contributed by atoms with Crippen molar-refractivity contribution in [3.63, 3.8) is 0 Å². The molecule has 2 fully saturated rings. The number of nitrogens with two attached hydrogens (primary N) is 1. The smallest absolute Gasteiger partial charge is 0.323 e. The van der Waals surface area contributed by atoms with E-state index in [1.807, 2.05) is 54.6 Å². The van der Waals surface area contributed by atoms with Crippen molar-refractivity contribution >= 4 is 17.6 Å². The summed E-state index contributed by atoms with van der Waals surface area (Å²) in [6.07, 6.45) is -4.77. The Morgan fingerprint density at radius 1 is 0.976 bits per heavy atom. The highest BCUT2D eigenvalue weighted by Crippen LogP contribution is 2.35. The van der Waals surface area contributed by atoms with Crippen molar-refractivity contribution in [1.82, 2.24) is 0 Å². The average Bonchev–Trinajstić information content (AvgIpc) is 3.51. The Morgan fingerprint density at radius 3 is 2.45 bits per heavy atom. The molecule has 2 aliphatic rings. The number of rotatable bonds is 10. The summed E-state index contributed by atoms with van der Waals surface area (Å²) in [5.74, 6) is 0.113. The van der Waals surface area contributed by atoms with E-state index < -0.39 is 42.5 Å². The van der Waals surface area contributed by atoms with Gasteiger partial charge in [0.2, 0.25) is 0 Å². The van der Waals surface area contributed by atoms with E-state index in [0.717, 1.165) is 28.9 Å². The summed E-state index contributed by atoms with van der Waals surface area (Å²) >= 11 is 6.52. The Balaban J connectivity index is 1.23. The predicted molar refractivity (Wildman–Crippen MR) is 155 cm³/mol. The monoisotopic (exact) mass is 597 g/mol. The van der Waals surface area contributed by atoms with Crippen molar-refractivity contribution in [2.75, 3.05) is 19.8 Å². The Hall–Kier alpha value is -3.02. The van der Waals surface area contributed by atoms with Crippen LogP contribution in [0.4, 0.5) is 0 Å². The van der Waals surface area contributed by atoms with Crippen LogP contribution >= 0.6 is 11.6 Å². The number of aliphatic hydroxyl groups excluding tert-OH is 3. The van der Waals surface area contributed by atoms with Crippen LogP contribution < -0.4 is 10.5 Å². The van der Waals surface area contributed by atoms with Gasteiger partial charge in [0.1, 0.15) is 55.0 Å². The summed E-state index contributed by atoms with van der Waals surface area (Å²) in [6.45, 7) is 0.961. The van der Waals surface area contributed by atoms with Gasteiger partial charge < -0.3 is 40.0 Å². The van der Waals surface area contributed by atoms with Gasteiger partial charge in [-0.25, -0.2) is 0 Å². The number of carbonyl (C=O) groups excluding carboxylic acids is 1. The van der Waals surface area contributed by atoms with Crippen LogP contribution in [-0.4, -0.2) is 77.7 Å². The number of carbonyl (C=O) groups is 1. The van der Waals surface area contributed by atoms with Gasteiger partial charge in [-0.15, -0.1) is 0 Å². The molecule has 3 aromatic carbocycles. The fourth-order valence-corrected chi connectivity index (χ4v) is 5.38. The number of halogens is 1. The molecule has 10 heteroatoms. The summed E-state index contributed by atoms with van der Waals surface area (Å²) in [7, 11) is 0. The molecule has 42 heavy (non-hydrogen) atoms. The second-order valence-corrected chi connectivity index (χ2v) is 11.2. The maximum absolute atomic E-state index is 12.5. The van der Waals surface area contributed by atoms with Gasteiger partial charge in [-0.1, -0.05) is 66.2 Å². The molecule has 9 nitrogen and oxygen atoms in total. The number of hydrogen-bond acceptors (Lipinski definition) is 9. The first-order valence-electron chi connectivity index (χ1n) is 14.1. The van der Waals surface area contributed by atoms with Gasteiger partial charge in [-0.2, -0.15) is 0 Å². The van der Waals surface area contributed by atoms with E-state index in [1.165, 1.54) is 0 Å². The Bertz CT molecular complexity index is 1320. The van der Waals surface area contributed by atoms with Crippen molar-refractivity contribution in [2.45, 2.75) is 61.9 Å². The normalized spacial score (nSPS) is 26.5. The lowest BCUT2D eigenvalue weighted by Gasteiger charge is -2.40. The zero-order valence-electron chi connectivity index (χ0n) is 23.1. The summed E-state index contributed by atoms with van der Waals surface area (Å²) in [4.78, 5) is 12.5. The first-order chi connectivity index (χ1) is 20.3. The molecule has 0 aliphatic carbocycles. The summed E-state index contributed by atoms with van der Waals surface area (Å²) in [5.41, 5.74) is 9.25. The summed E-state index contributed by atoms with van der Waals surface area (Å²) in [6, 6.07) is 21.4. The molecule has 0 spiro atoms. The van der Waals surface area contributed by atoms with Crippen molar-refractivity contribution in [3.8, 4) is 5.75 Å². The molecule has 2 saturated heterocycles. The molecular formula is C32H36ClNO8. The third kappa shape index (κ3) is 7.48. The number of esters is 1. The maximum atomic E-state index is 12.5. The van der Waals surface area contributed by atoms with Gasteiger partial charge in [0.25, 0.3) is 0 Å². The van der Waals surface area contributed by atoms with Crippen LogP contribution in [0.3, 0.4) is 0 Å². The minimum Gasteiger partial charge on any atom is -0.488 e. The van der Waals surface area contributed by atoms with E-state index in [1.54, 1.807) is 18.2 Å². The molecule has 3 aromatic rings. The molecule has 224 valence electrons. The maximum Gasteiger partial charge on any atom is 0.323 e. The molecule has 0 aromatic heterocycles. The highest BCUT2D eigenvalue weighted by atomic mass is 35.5. The first kappa shape index (κ1) is 30.4. The van der Waals surface area contributed by atoms with Gasteiger partial charge >= 0.3 is 5.97 Å². The predicted octanol–water partition coefficient (Wildman–Crippen LogP) is 2.73. The molecule has 0 radical (unpaired) electrons. The van der Waals surface area contributed by atoms with Crippen molar-refractivity contribution < 1.29 is 39.1 Å². The molecule has 5 rings (SSSR count). The van der Waals surface area contributed by atoms with E-state index in [2.05, 4.69) is 0 Å². The Morgan fingerprint density at radius 2 is 1.74 bits per heavy atom. The second-order valence-electron chi connectivity index (χ2n) is 10.8. The molecule has 0 saturated carbocycles. The van der Waals surface area contributed by atoms with Crippen LogP contribution in [-0.2, 0) is 31.8 Å². The highest BCUT2D eigenvalue weighted by Gasteiger charge is 2.45. The summed E-state index contributed by atoms with van der Waals surface area (Å²) < 4.78 is 22.6.